The first-order chi connectivity index (χ1) is 20.2. The van der Waals surface area contributed by atoms with Crippen LogP contribution in [0.5, 0.6) is 5.75 Å². The molecule has 0 bridgehead atoms. The van der Waals surface area contributed by atoms with Crippen molar-refractivity contribution in [3.05, 3.63) is 38.8 Å². The number of morpholine rings is 1. The monoisotopic (exact) mass is 638 g/mol. The molecular formula is C26H31ClN6O7S2. The fourth-order valence-electron chi connectivity index (χ4n) is 5.65. The number of aliphatic hydroxyl groups is 1. The molecule has 6 rings (SSSR count). The molecule has 42 heavy (non-hydrogen) atoms. The minimum absolute atomic E-state index is 0.0325. The number of hydrogen-bond acceptors (Lipinski definition) is 10. The van der Waals surface area contributed by atoms with Gasteiger partial charge in [0, 0.05) is 73.9 Å². The van der Waals surface area contributed by atoms with Gasteiger partial charge >= 0.3 is 0 Å². The Morgan fingerprint density at radius 1 is 1.17 bits per heavy atom. The third-order valence-corrected chi connectivity index (χ3v) is 11.1. The molecule has 0 aliphatic carbocycles. The molecule has 0 saturated carbocycles. The lowest BCUT2D eigenvalue weighted by atomic mass is 10.1. The summed E-state index contributed by atoms with van der Waals surface area (Å²) in [4.78, 5) is 40.5. The van der Waals surface area contributed by atoms with E-state index in [9.17, 15) is 28.2 Å². The Balaban J connectivity index is 1.28. The highest BCUT2D eigenvalue weighted by molar-refractivity contribution is 7.89. The third kappa shape index (κ3) is 5.50. The molecule has 3 aromatic rings. The lowest BCUT2D eigenvalue weighted by molar-refractivity contribution is -0.136. The van der Waals surface area contributed by atoms with E-state index in [-0.39, 0.29) is 60.0 Å². The van der Waals surface area contributed by atoms with Crippen molar-refractivity contribution in [3.8, 4) is 5.75 Å². The number of aromatic nitrogens is 2. The number of ether oxygens (including phenoxy) is 1. The normalized spacial score (nSPS) is 20.7. The van der Waals surface area contributed by atoms with E-state index in [1.807, 2.05) is 4.90 Å². The van der Waals surface area contributed by atoms with Crippen LogP contribution in [-0.2, 0) is 32.5 Å². The maximum atomic E-state index is 13.8. The van der Waals surface area contributed by atoms with Crippen molar-refractivity contribution in [1.29, 1.82) is 0 Å². The number of fused-ring (bicyclic) bond motifs is 2. The molecule has 1 atom stereocenters. The summed E-state index contributed by atoms with van der Waals surface area (Å²) in [6.07, 6.45) is 0.541. The van der Waals surface area contributed by atoms with Crippen molar-refractivity contribution in [2.75, 3.05) is 59.2 Å². The van der Waals surface area contributed by atoms with Gasteiger partial charge in [0.25, 0.3) is 15.9 Å². The number of nitrogens with one attached hydrogen (secondary N) is 1. The van der Waals surface area contributed by atoms with Gasteiger partial charge < -0.3 is 29.7 Å². The highest BCUT2D eigenvalue weighted by Crippen LogP contribution is 2.36. The summed E-state index contributed by atoms with van der Waals surface area (Å²) in [5.74, 6) is -0.984. The molecule has 5 heterocycles. The molecule has 226 valence electrons. The zero-order valence-corrected chi connectivity index (χ0v) is 25.0. The smallest absolute Gasteiger partial charge is 0.283 e. The standard InChI is InChI=1S/C26H31ClN6O7S2/c27-16-1-2-19-18(11-16)23(36)25(29-19)42(38,39)32-5-6-33(17(13-32)12-22(35)31-7-9-40-10-8-31)26(37)24-28-20-3-4-30(15-34)14-21(20)41-24/h1-2,11,17,29,34,36H,3-10,12-15H2. The van der Waals surface area contributed by atoms with Crippen LogP contribution >= 0.6 is 22.9 Å². The second kappa shape index (κ2) is 11.7. The predicted octanol–water partition coefficient (Wildman–Crippen LogP) is 1.06. The molecule has 2 saturated heterocycles. The SMILES string of the molecule is O=C(CC1CN(S(=O)(=O)c2[nH]c3ccc(Cl)cc3c2O)CCN1C(=O)c1nc2c(s1)CN(CO)CC2)N1CCOCC1. The van der Waals surface area contributed by atoms with Crippen LogP contribution in [0.2, 0.25) is 5.02 Å². The summed E-state index contributed by atoms with van der Waals surface area (Å²) in [7, 11) is -4.23. The van der Waals surface area contributed by atoms with Gasteiger partial charge in [0.1, 0.15) is 0 Å². The minimum Gasteiger partial charge on any atom is -0.504 e. The Kier molecular flexibility index (Phi) is 8.17. The number of halogens is 1. The van der Waals surface area contributed by atoms with Gasteiger partial charge in [-0.3, -0.25) is 14.5 Å². The Hall–Kier alpha value is -2.79. The zero-order valence-electron chi connectivity index (χ0n) is 22.7. The molecule has 1 unspecified atom stereocenters. The van der Waals surface area contributed by atoms with Gasteiger partial charge in [-0.05, 0) is 18.2 Å². The number of amides is 2. The van der Waals surface area contributed by atoms with Crippen LogP contribution in [0.1, 0.15) is 26.8 Å². The fourth-order valence-corrected chi connectivity index (χ4v) is 8.48. The maximum Gasteiger partial charge on any atom is 0.283 e. The molecule has 3 N–H and O–H groups in total. The van der Waals surface area contributed by atoms with Crippen LogP contribution in [0.4, 0.5) is 0 Å². The molecule has 3 aliphatic heterocycles. The average Bonchev–Trinajstić information content (AvgIpc) is 3.58. The summed E-state index contributed by atoms with van der Waals surface area (Å²) in [6.45, 7) is 2.61. The van der Waals surface area contributed by atoms with Crippen LogP contribution in [-0.4, -0.2) is 125 Å². The lowest BCUT2D eigenvalue weighted by Crippen LogP contribution is -2.58. The van der Waals surface area contributed by atoms with Crippen LogP contribution < -0.4 is 0 Å². The van der Waals surface area contributed by atoms with Gasteiger partial charge in [-0.25, -0.2) is 13.4 Å². The van der Waals surface area contributed by atoms with Crippen molar-refractivity contribution in [2.24, 2.45) is 0 Å². The van der Waals surface area contributed by atoms with E-state index in [0.29, 0.717) is 56.4 Å². The number of nitrogens with zero attached hydrogens (tertiary/aromatic N) is 5. The molecule has 3 aliphatic rings. The van der Waals surface area contributed by atoms with Crippen LogP contribution in [0, 0.1) is 0 Å². The first-order valence-corrected chi connectivity index (χ1v) is 16.3. The van der Waals surface area contributed by atoms with Gasteiger partial charge in [0.15, 0.2) is 15.8 Å². The van der Waals surface area contributed by atoms with E-state index >= 15 is 0 Å². The van der Waals surface area contributed by atoms with Gasteiger partial charge in [-0.2, -0.15) is 4.31 Å². The predicted molar refractivity (Wildman–Crippen MR) is 154 cm³/mol. The highest BCUT2D eigenvalue weighted by Gasteiger charge is 2.41. The van der Waals surface area contributed by atoms with E-state index in [2.05, 4.69) is 9.97 Å². The first-order valence-electron chi connectivity index (χ1n) is 13.6. The van der Waals surface area contributed by atoms with E-state index < -0.39 is 21.8 Å². The number of aromatic hydroxyl groups is 1. The topological polar surface area (TPSA) is 160 Å². The van der Waals surface area contributed by atoms with Crippen molar-refractivity contribution < 1.29 is 33.0 Å². The summed E-state index contributed by atoms with van der Waals surface area (Å²) >= 11 is 7.32. The summed E-state index contributed by atoms with van der Waals surface area (Å²) in [5.41, 5.74) is 1.24. The number of hydrogen-bond donors (Lipinski definition) is 3. The highest BCUT2D eigenvalue weighted by atomic mass is 35.5. The van der Waals surface area contributed by atoms with Crippen LogP contribution in [0.15, 0.2) is 23.2 Å². The molecular weight excluding hydrogens is 608 g/mol. The van der Waals surface area contributed by atoms with Gasteiger partial charge in [-0.15, -0.1) is 11.3 Å². The van der Waals surface area contributed by atoms with E-state index in [1.165, 1.54) is 21.7 Å². The van der Waals surface area contributed by atoms with Gasteiger partial charge in [0.2, 0.25) is 5.91 Å². The Morgan fingerprint density at radius 3 is 2.71 bits per heavy atom. The average molecular weight is 639 g/mol. The van der Waals surface area contributed by atoms with Gasteiger partial charge in [0.05, 0.1) is 37.2 Å². The number of aromatic amines is 1. The van der Waals surface area contributed by atoms with Crippen LogP contribution in [0.3, 0.4) is 0 Å². The lowest BCUT2D eigenvalue weighted by Gasteiger charge is -2.41. The largest absolute Gasteiger partial charge is 0.504 e. The number of aliphatic hydroxyl groups excluding tert-OH is 1. The van der Waals surface area contributed by atoms with Crippen molar-refractivity contribution in [2.45, 2.75) is 30.5 Å². The Bertz CT molecular complexity index is 1620. The van der Waals surface area contributed by atoms with Gasteiger partial charge in [-0.1, -0.05) is 11.6 Å². The van der Waals surface area contributed by atoms with Crippen LogP contribution in [0.25, 0.3) is 10.9 Å². The maximum absolute atomic E-state index is 13.8. The second-order valence-electron chi connectivity index (χ2n) is 10.5. The molecule has 0 radical (unpaired) electrons. The molecule has 2 aromatic heterocycles. The molecule has 1 aromatic carbocycles. The zero-order chi connectivity index (χ0) is 29.6. The molecule has 16 heteroatoms. The summed E-state index contributed by atoms with van der Waals surface area (Å²) in [5, 5.41) is 20.9. The number of rotatable bonds is 6. The number of carbonyl (C=O) groups is 2. The minimum atomic E-state index is -4.23. The van der Waals surface area contributed by atoms with E-state index in [4.69, 9.17) is 16.3 Å². The molecule has 2 fully saturated rings. The number of benzene rings is 1. The molecule has 2 amide bonds. The van der Waals surface area contributed by atoms with Crippen molar-refractivity contribution in [1.82, 2.24) is 29.0 Å². The number of thiazole rings is 1. The van der Waals surface area contributed by atoms with E-state index in [0.717, 1.165) is 10.6 Å². The second-order valence-corrected chi connectivity index (χ2v) is 13.9. The number of piperazine rings is 1. The number of H-pyrrole nitrogens is 1. The van der Waals surface area contributed by atoms with E-state index in [1.54, 1.807) is 21.9 Å². The number of sulfonamides is 1. The van der Waals surface area contributed by atoms with Crippen molar-refractivity contribution in [3.63, 3.8) is 0 Å². The van der Waals surface area contributed by atoms with Crippen molar-refractivity contribution >= 4 is 55.7 Å². The molecule has 0 spiro atoms. The molecule has 13 nitrogen and oxygen atoms in total. The fraction of sp³-hybridized carbons (Fsp3) is 0.500. The Labute approximate surface area is 251 Å². The number of carbonyl (C=O) groups excluding carboxylic acids is 2. The Morgan fingerprint density at radius 2 is 1.95 bits per heavy atom. The third-order valence-electron chi connectivity index (χ3n) is 7.97. The quantitative estimate of drug-likeness (QED) is 0.359. The summed E-state index contributed by atoms with van der Waals surface area (Å²) in [6, 6.07) is 3.90. The first kappa shape index (κ1) is 29.3. The summed E-state index contributed by atoms with van der Waals surface area (Å²) < 4.78 is 34.1.